The number of carbonyl (C=O) groups excluding carboxylic acids is 2. The van der Waals surface area contributed by atoms with Crippen LogP contribution in [0.15, 0.2) is 58.6 Å². The Hall–Kier alpha value is -2.64. The third-order valence-electron chi connectivity index (χ3n) is 5.88. The van der Waals surface area contributed by atoms with Gasteiger partial charge < -0.3 is 15.0 Å². The molecule has 2 amide bonds. The summed E-state index contributed by atoms with van der Waals surface area (Å²) in [6.07, 6.45) is 4.53. The first kappa shape index (κ1) is 22.6. The summed E-state index contributed by atoms with van der Waals surface area (Å²) in [5.41, 5.74) is 1.73. The van der Waals surface area contributed by atoms with Crippen molar-refractivity contribution in [2.75, 3.05) is 7.11 Å². The zero-order valence-electron chi connectivity index (χ0n) is 18.2. The van der Waals surface area contributed by atoms with Crippen LogP contribution in [0, 0.1) is 0 Å². The van der Waals surface area contributed by atoms with E-state index >= 15 is 0 Å². The van der Waals surface area contributed by atoms with E-state index in [1.54, 1.807) is 23.3 Å². The van der Waals surface area contributed by atoms with Crippen LogP contribution in [0.2, 0.25) is 0 Å². The summed E-state index contributed by atoms with van der Waals surface area (Å²) in [6.45, 7) is 0.298. The molecule has 168 valence electrons. The van der Waals surface area contributed by atoms with Gasteiger partial charge in [-0.2, -0.15) is 11.3 Å². The van der Waals surface area contributed by atoms with Gasteiger partial charge in [-0.1, -0.05) is 37.1 Å². The normalized spacial score (nSPS) is 14.8. The summed E-state index contributed by atoms with van der Waals surface area (Å²) >= 11 is 3.09. The predicted molar refractivity (Wildman–Crippen MR) is 129 cm³/mol. The molecule has 32 heavy (non-hydrogen) atoms. The van der Waals surface area contributed by atoms with Gasteiger partial charge in [0.05, 0.1) is 20.1 Å². The molecule has 1 saturated carbocycles. The number of amides is 2. The van der Waals surface area contributed by atoms with Crippen molar-refractivity contribution in [2.45, 2.75) is 50.7 Å². The van der Waals surface area contributed by atoms with Crippen molar-refractivity contribution < 1.29 is 14.3 Å². The number of methoxy groups -OCH3 is 1. The summed E-state index contributed by atoms with van der Waals surface area (Å²) in [6, 6.07) is 13.0. The number of hydrogen-bond acceptors (Lipinski definition) is 5. The number of hydrogen-bond donors (Lipinski definition) is 1. The van der Waals surface area contributed by atoms with Gasteiger partial charge in [0.15, 0.2) is 0 Å². The molecule has 4 rings (SSSR count). The maximum atomic E-state index is 13.6. The van der Waals surface area contributed by atoms with Crippen LogP contribution < -0.4 is 10.1 Å². The molecular formula is C25H28N2O3S2. The molecule has 2 aromatic heterocycles. The third kappa shape index (κ3) is 5.40. The Labute approximate surface area is 197 Å². The van der Waals surface area contributed by atoms with Crippen molar-refractivity contribution in [3.63, 3.8) is 0 Å². The fourth-order valence-corrected chi connectivity index (χ4v) is 5.63. The van der Waals surface area contributed by atoms with Gasteiger partial charge in [-0.15, -0.1) is 11.3 Å². The lowest BCUT2D eigenvalue weighted by molar-refractivity contribution is -0.141. The van der Waals surface area contributed by atoms with Gasteiger partial charge in [-0.3, -0.25) is 9.59 Å². The molecule has 1 aliphatic carbocycles. The number of nitrogens with one attached hydrogen (secondary N) is 1. The standard InChI is InChI=1S/C25H28N2O3S2/c1-30-22-11-5-2-7-18(22)16-27(23(28)15-21-10-6-13-32-21)24(19-12-14-31-17-19)25(29)26-20-8-3-4-9-20/h2,5-7,10-14,17,20,24H,3-4,8-9,15-16H2,1H3,(H,26,29). The molecule has 7 heteroatoms. The minimum absolute atomic E-state index is 0.0730. The first-order valence-corrected chi connectivity index (χ1v) is 12.7. The number of thiophene rings is 2. The maximum Gasteiger partial charge on any atom is 0.247 e. The van der Waals surface area contributed by atoms with E-state index in [-0.39, 0.29) is 24.3 Å². The molecule has 3 aromatic rings. The van der Waals surface area contributed by atoms with Crippen LogP contribution >= 0.6 is 22.7 Å². The number of ether oxygens (including phenoxy) is 1. The van der Waals surface area contributed by atoms with Crippen LogP contribution in [0.5, 0.6) is 5.75 Å². The summed E-state index contributed by atoms with van der Waals surface area (Å²) in [5.74, 6) is 0.530. The molecule has 0 radical (unpaired) electrons. The first-order chi connectivity index (χ1) is 15.7. The highest BCUT2D eigenvalue weighted by atomic mass is 32.1. The molecule has 1 atom stereocenters. The van der Waals surface area contributed by atoms with Crippen LogP contribution in [-0.4, -0.2) is 29.9 Å². The van der Waals surface area contributed by atoms with Crippen molar-refractivity contribution >= 4 is 34.5 Å². The fraction of sp³-hybridized carbons (Fsp3) is 0.360. The van der Waals surface area contributed by atoms with Crippen LogP contribution in [-0.2, 0) is 22.6 Å². The fourth-order valence-electron chi connectivity index (χ4n) is 4.26. The monoisotopic (exact) mass is 468 g/mol. The molecule has 1 N–H and O–H groups in total. The molecule has 1 aromatic carbocycles. The second-order valence-corrected chi connectivity index (χ2v) is 9.85. The Bertz CT molecular complexity index is 1010. The molecule has 1 fully saturated rings. The van der Waals surface area contributed by atoms with E-state index in [0.29, 0.717) is 12.3 Å². The first-order valence-electron chi connectivity index (χ1n) is 10.9. The average Bonchev–Trinajstić information content (AvgIpc) is 3.58. The van der Waals surface area contributed by atoms with E-state index < -0.39 is 6.04 Å². The quantitative estimate of drug-likeness (QED) is 0.470. The SMILES string of the molecule is COc1ccccc1CN(C(=O)Cc1cccs1)C(C(=O)NC1CCCC1)c1ccsc1. The lowest BCUT2D eigenvalue weighted by Crippen LogP contribution is -2.46. The highest BCUT2D eigenvalue weighted by Gasteiger charge is 2.34. The number of para-hydroxylation sites is 1. The van der Waals surface area contributed by atoms with Gasteiger partial charge in [-0.25, -0.2) is 0 Å². The Morgan fingerprint density at radius 1 is 1.12 bits per heavy atom. The summed E-state index contributed by atoms with van der Waals surface area (Å²) < 4.78 is 5.54. The average molecular weight is 469 g/mol. The molecule has 0 bridgehead atoms. The van der Waals surface area contributed by atoms with Gasteiger partial charge in [-0.05, 0) is 52.7 Å². The highest BCUT2D eigenvalue weighted by molar-refractivity contribution is 7.10. The molecule has 1 aliphatic rings. The number of rotatable bonds is 9. The van der Waals surface area contributed by atoms with Crippen molar-refractivity contribution in [3.05, 3.63) is 74.6 Å². The van der Waals surface area contributed by atoms with Crippen LogP contribution in [0.1, 0.15) is 47.7 Å². The number of nitrogens with zero attached hydrogens (tertiary/aromatic N) is 1. The van der Waals surface area contributed by atoms with Crippen LogP contribution in [0.25, 0.3) is 0 Å². The Balaban J connectivity index is 1.68. The Kier molecular flexibility index (Phi) is 7.60. The zero-order chi connectivity index (χ0) is 22.3. The Morgan fingerprint density at radius 3 is 2.62 bits per heavy atom. The van der Waals surface area contributed by atoms with Crippen molar-refractivity contribution in [2.24, 2.45) is 0 Å². The van der Waals surface area contributed by atoms with Gasteiger partial charge >= 0.3 is 0 Å². The second kappa shape index (κ2) is 10.8. The summed E-state index contributed by atoms with van der Waals surface area (Å²) in [4.78, 5) is 29.9. The minimum Gasteiger partial charge on any atom is -0.496 e. The largest absolute Gasteiger partial charge is 0.496 e. The van der Waals surface area contributed by atoms with E-state index in [4.69, 9.17) is 4.74 Å². The molecule has 0 spiro atoms. The van der Waals surface area contributed by atoms with Crippen molar-refractivity contribution in [1.82, 2.24) is 10.2 Å². The summed E-state index contributed by atoms with van der Waals surface area (Å²) in [5, 5.41) is 9.11. The molecule has 0 aliphatic heterocycles. The topological polar surface area (TPSA) is 58.6 Å². The zero-order valence-corrected chi connectivity index (χ0v) is 19.8. The van der Waals surface area contributed by atoms with Crippen molar-refractivity contribution in [3.8, 4) is 5.75 Å². The van der Waals surface area contributed by atoms with Gasteiger partial charge in [0, 0.05) is 16.5 Å². The van der Waals surface area contributed by atoms with E-state index in [1.165, 1.54) is 11.3 Å². The minimum atomic E-state index is -0.681. The smallest absolute Gasteiger partial charge is 0.247 e. The third-order valence-corrected chi connectivity index (χ3v) is 7.46. The lowest BCUT2D eigenvalue weighted by atomic mass is 10.0. The second-order valence-electron chi connectivity index (χ2n) is 8.04. The van der Waals surface area contributed by atoms with Gasteiger partial charge in [0.2, 0.25) is 11.8 Å². The number of benzene rings is 1. The van der Waals surface area contributed by atoms with Gasteiger partial charge in [0.25, 0.3) is 0 Å². The molecule has 2 heterocycles. The molecule has 5 nitrogen and oxygen atoms in total. The van der Waals surface area contributed by atoms with Crippen LogP contribution in [0.4, 0.5) is 0 Å². The number of carbonyl (C=O) groups is 2. The Morgan fingerprint density at radius 2 is 1.94 bits per heavy atom. The molecule has 1 unspecified atom stereocenters. The molecule has 0 saturated heterocycles. The predicted octanol–water partition coefficient (Wildman–Crippen LogP) is 5.19. The molecular weight excluding hydrogens is 440 g/mol. The summed E-state index contributed by atoms with van der Waals surface area (Å²) in [7, 11) is 1.62. The van der Waals surface area contributed by atoms with Gasteiger partial charge in [0.1, 0.15) is 11.8 Å². The van der Waals surface area contributed by atoms with Crippen LogP contribution in [0.3, 0.4) is 0 Å². The van der Waals surface area contributed by atoms with Crippen molar-refractivity contribution in [1.29, 1.82) is 0 Å². The highest BCUT2D eigenvalue weighted by Crippen LogP contribution is 2.30. The van der Waals surface area contributed by atoms with E-state index in [9.17, 15) is 9.59 Å². The maximum absolute atomic E-state index is 13.6. The van der Waals surface area contributed by atoms with E-state index in [0.717, 1.165) is 41.7 Å². The van der Waals surface area contributed by atoms with E-state index in [1.807, 2.05) is 58.6 Å². The lowest BCUT2D eigenvalue weighted by Gasteiger charge is -2.32. The van der Waals surface area contributed by atoms with E-state index in [2.05, 4.69) is 5.32 Å².